The Morgan fingerprint density at radius 3 is 2.51 bits per heavy atom. The number of carbonyl (C=O) groups is 3. The SMILES string of the molecule is C=CCN(Cn1nnc2ccccc21)C(=O)C1N(CCO)C(=O)[C@@H]2[C@@H](C(=O)N(CC=C)c3ccc(OCC)cc3)[C@@]3(CC)CCC12O3. The molecule has 1 spiro atoms. The number of amides is 3. The summed E-state index contributed by atoms with van der Waals surface area (Å²) in [6.45, 7) is 12.2. The quantitative estimate of drug-likeness (QED) is 0.266. The van der Waals surface area contributed by atoms with Crippen molar-refractivity contribution in [2.75, 3.05) is 37.7 Å². The van der Waals surface area contributed by atoms with E-state index in [0.717, 1.165) is 5.52 Å². The molecule has 0 saturated carbocycles. The predicted molar refractivity (Wildman–Crippen MR) is 175 cm³/mol. The summed E-state index contributed by atoms with van der Waals surface area (Å²) in [5, 5.41) is 18.6. The molecule has 2 bridgehead atoms. The third kappa shape index (κ3) is 5.19. The van der Waals surface area contributed by atoms with Crippen molar-refractivity contribution < 1.29 is 29.0 Å². The Kier molecular flexibility index (Phi) is 8.91. The Hall–Kier alpha value is -4.55. The molecule has 248 valence electrons. The van der Waals surface area contributed by atoms with Crippen molar-refractivity contribution in [1.82, 2.24) is 24.8 Å². The second-order valence-corrected chi connectivity index (χ2v) is 12.3. The average Bonchev–Trinajstić information content (AvgIpc) is 3.81. The van der Waals surface area contributed by atoms with Crippen LogP contribution in [0.15, 0.2) is 73.8 Å². The molecular weight excluding hydrogens is 600 g/mol. The highest BCUT2D eigenvalue weighted by Gasteiger charge is 2.79. The lowest BCUT2D eigenvalue weighted by molar-refractivity contribution is -0.154. The zero-order valence-corrected chi connectivity index (χ0v) is 27.0. The molecule has 3 saturated heterocycles. The van der Waals surface area contributed by atoms with Crippen molar-refractivity contribution in [3.63, 3.8) is 0 Å². The third-order valence-corrected chi connectivity index (χ3v) is 9.94. The number of fused-ring (bicyclic) bond motifs is 2. The Morgan fingerprint density at radius 1 is 1.09 bits per heavy atom. The minimum Gasteiger partial charge on any atom is -0.494 e. The van der Waals surface area contributed by atoms with E-state index in [2.05, 4.69) is 23.5 Å². The number of nitrogens with zero attached hydrogens (tertiary/aromatic N) is 6. The van der Waals surface area contributed by atoms with Gasteiger partial charge in [-0.05, 0) is 62.6 Å². The number of hydrogen-bond acceptors (Lipinski definition) is 8. The lowest BCUT2D eigenvalue weighted by atomic mass is 9.64. The van der Waals surface area contributed by atoms with Crippen LogP contribution in [0.3, 0.4) is 0 Å². The number of para-hydroxylation sites is 1. The van der Waals surface area contributed by atoms with Crippen molar-refractivity contribution >= 4 is 34.4 Å². The molecule has 0 radical (unpaired) electrons. The van der Waals surface area contributed by atoms with Gasteiger partial charge in [-0.25, -0.2) is 4.68 Å². The largest absolute Gasteiger partial charge is 0.494 e. The van der Waals surface area contributed by atoms with Crippen molar-refractivity contribution in [3.05, 3.63) is 73.8 Å². The zero-order chi connectivity index (χ0) is 33.3. The molecular formula is C35H42N6O6. The van der Waals surface area contributed by atoms with E-state index in [0.29, 0.717) is 42.8 Å². The van der Waals surface area contributed by atoms with E-state index in [-0.39, 0.29) is 50.6 Å². The fourth-order valence-electron chi connectivity index (χ4n) is 7.96. The summed E-state index contributed by atoms with van der Waals surface area (Å²) in [7, 11) is 0. The van der Waals surface area contributed by atoms with Gasteiger partial charge in [-0.2, -0.15) is 0 Å². The molecule has 12 heteroatoms. The zero-order valence-electron chi connectivity index (χ0n) is 27.0. The van der Waals surface area contributed by atoms with Gasteiger partial charge in [-0.1, -0.05) is 36.4 Å². The van der Waals surface area contributed by atoms with Gasteiger partial charge in [0.25, 0.3) is 0 Å². The second kappa shape index (κ2) is 12.9. The van der Waals surface area contributed by atoms with Crippen molar-refractivity contribution in [3.8, 4) is 5.75 Å². The molecule has 3 aliphatic heterocycles. The highest BCUT2D eigenvalue weighted by Crippen LogP contribution is 2.64. The van der Waals surface area contributed by atoms with E-state index in [1.54, 1.807) is 26.6 Å². The number of rotatable bonds is 14. The van der Waals surface area contributed by atoms with Gasteiger partial charge in [0.05, 0.1) is 36.2 Å². The maximum absolute atomic E-state index is 14.7. The summed E-state index contributed by atoms with van der Waals surface area (Å²) < 4.78 is 14.2. The van der Waals surface area contributed by atoms with Crippen LogP contribution < -0.4 is 9.64 Å². The molecule has 3 amide bonds. The lowest BCUT2D eigenvalue weighted by Gasteiger charge is -2.37. The summed E-state index contributed by atoms with van der Waals surface area (Å²) >= 11 is 0. The first-order valence-electron chi connectivity index (χ1n) is 16.2. The summed E-state index contributed by atoms with van der Waals surface area (Å²) in [6, 6.07) is 13.7. The summed E-state index contributed by atoms with van der Waals surface area (Å²) in [5.74, 6) is -2.04. The molecule has 4 heterocycles. The molecule has 47 heavy (non-hydrogen) atoms. The van der Waals surface area contributed by atoms with Gasteiger partial charge in [0, 0.05) is 25.3 Å². The smallest absolute Gasteiger partial charge is 0.250 e. The monoisotopic (exact) mass is 642 g/mol. The van der Waals surface area contributed by atoms with Crippen molar-refractivity contribution in [2.45, 2.75) is 57.0 Å². The molecule has 3 aliphatic rings. The standard InChI is InChI=1S/C35H42N6O6/c1-5-19-38(23-41-27-12-10-9-11-26(27)36-37-41)33(45)30-35-18-17-34(7-3,47-35)28(29(35)32(44)40(30)21-22-42)31(43)39(20-6-2)24-13-15-25(16-14-24)46-8-4/h5-6,9-16,28-30,42H,1-2,7-8,17-23H2,3-4H3/t28-,29-,30?,34+,35?/m0/s1. The number of anilines is 1. The lowest BCUT2D eigenvalue weighted by Crippen LogP contribution is -2.57. The minimum atomic E-state index is -1.25. The van der Waals surface area contributed by atoms with Gasteiger partial charge in [0.2, 0.25) is 17.7 Å². The summed E-state index contributed by atoms with van der Waals surface area (Å²) in [5.41, 5.74) is -0.0931. The van der Waals surface area contributed by atoms with Crippen LogP contribution in [0.4, 0.5) is 5.69 Å². The van der Waals surface area contributed by atoms with Gasteiger partial charge in [0.15, 0.2) is 0 Å². The number of likely N-dealkylation sites (tertiary alicyclic amines) is 1. The van der Waals surface area contributed by atoms with E-state index >= 15 is 0 Å². The molecule has 5 atom stereocenters. The molecule has 2 aromatic carbocycles. The molecule has 2 unspecified atom stereocenters. The van der Waals surface area contributed by atoms with E-state index in [4.69, 9.17) is 9.47 Å². The highest BCUT2D eigenvalue weighted by atomic mass is 16.5. The van der Waals surface area contributed by atoms with Crippen LogP contribution in [0.5, 0.6) is 5.75 Å². The molecule has 1 aromatic heterocycles. The molecule has 0 aliphatic carbocycles. The highest BCUT2D eigenvalue weighted by molar-refractivity contribution is 6.03. The van der Waals surface area contributed by atoms with Crippen LogP contribution in [0.1, 0.15) is 33.1 Å². The van der Waals surface area contributed by atoms with E-state index < -0.39 is 29.1 Å². The van der Waals surface area contributed by atoms with Crippen molar-refractivity contribution in [2.24, 2.45) is 11.8 Å². The van der Waals surface area contributed by atoms with Crippen LogP contribution in [0.2, 0.25) is 0 Å². The number of aliphatic hydroxyl groups excluding tert-OH is 1. The molecule has 12 nitrogen and oxygen atoms in total. The second-order valence-electron chi connectivity index (χ2n) is 12.3. The summed E-state index contributed by atoms with van der Waals surface area (Å²) in [6.07, 6.45) is 4.70. The van der Waals surface area contributed by atoms with Crippen LogP contribution >= 0.6 is 0 Å². The number of β-amino-alcohol motifs (C(OH)–C–C–N with tert-alkyl or cyclic N) is 1. The topological polar surface area (TPSA) is 130 Å². The van der Waals surface area contributed by atoms with E-state index in [1.807, 2.05) is 62.4 Å². The van der Waals surface area contributed by atoms with Gasteiger partial charge in [-0.3, -0.25) is 14.4 Å². The molecule has 6 rings (SSSR count). The van der Waals surface area contributed by atoms with Gasteiger partial charge >= 0.3 is 0 Å². The van der Waals surface area contributed by atoms with Crippen molar-refractivity contribution in [1.29, 1.82) is 0 Å². The Labute approximate surface area is 274 Å². The maximum Gasteiger partial charge on any atom is 0.250 e. The van der Waals surface area contributed by atoms with Crippen LogP contribution in [-0.2, 0) is 25.8 Å². The Balaban J connectivity index is 1.38. The van der Waals surface area contributed by atoms with Crippen LogP contribution in [0.25, 0.3) is 11.0 Å². The van der Waals surface area contributed by atoms with E-state index in [9.17, 15) is 19.5 Å². The fourth-order valence-corrected chi connectivity index (χ4v) is 7.96. The molecule has 3 aromatic rings. The average molecular weight is 643 g/mol. The number of carbonyl (C=O) groups excluding carboxylic acids is 3. The number of ether oxygens (including phenoxy) is 2. The maximum atomic E-state index is 14.7. The Morgan fingerprint density at radius 2 is 1.83 bits per heavy atom. The number of hydrogen-bond donors (Lipinski definition) is 1. The molecule has 3 fully saturated rings. The minimum absolute atomic E-state index is 0.0654. The van der Waals surface area contributed by atoms with Crippen LogP contribution in [-0.4, -0.2) is 97.7 Å². The fraction of sp³-hybridized carbons (Fsp3) is 0.457. The number of aromatic nitrogens is 3. The predicted octanol–water partition coefficient (Wildman–Crippen LogP) is 3.17. The Bertz CT molecular complexity index is 1670. The first-order chi connectivity index (χ1) is 22.8. The van der Waals surface area contributed by atoms with E-state index in [1.165, 1.54) is 4.90 Å². The van der Waals surface area contributed by atoms with Gasteiger partial charge in [-0.15, -0.1) is 18.3 Å². The van der Waals surface area contributed by atoms with Crippen LogP contribution in [0, 0.1) is 11.8 Å². The normalized spacial score (nSPS) is 26.0. The summed E-state index contributed by atoms with van der Waals surface area (Å²) in [4.78, 5) is 48.5. The first-order valence-corrected chi connectivity index (χ1v) is 16.2. The van der Waals surface area contributed by atoms with Gasteiger partial charge in [0.1, 0.15) is 29.6 Å². The van der Waals surface area contributed by atoms with Gasteiger partial charge < -0.3 is 29.3 Å². The molecule has 1 N–H and O–H groups in total. The first kappa shape index (κ1) is 32.4. The number of aliphatic hydroxyl groups is 1. The number of benzene rings is 2. The third-order valence-electron chi connectivity index (χ3n) is 9.94.